The molecule has 0 amide bonds. The number of rotatable bonds is 1. The summed E-state index contributed by atoms with van der Waals surface area (Å²) >= 11 is 0. The van der Waals surface area contributed by atoms with Gasteiger partial charge in [-0.1, -0.05) is 6.92 Å². The van der Waals surface area contributed by atoms with Crippen molar-refractivity contribution < 1.29 is 4.39 Å². The number of nitrogens with one attached hydrogen (secondary N) is 1. The van der Waals surface area contributed by atoms with E-state index in [-0.39, 0.29) is 0 Å². The standard InChI is InChI=1S/C6H12FN/c1-2-6-3-5(7)4-8-6/h5-6,8H,2-4H2,1H3/t5-,6-/m1/s1. The monoisotopic (exact) mass is 117 g/mol. The zero-order valence-electron chi connectivity index (χ0n) is 5.15. The van der Waals surface area contributed by atoms with Crippen LogP contribution < -0.4 is 5.32 Å². The van der Waals surface area contributed by atoms with Crippen LogP contribution in [0.1, 0.15) is 19.8 Å². The molecule has 0 unspecified atom stereocenters. The van der Waals surface area contributed by atoms with Gasteiger partial charge < -0.3 is 5.32 Å². The van der Waals surface area contributed by atoms with Crippen molar-refractivity contribution >= 4 is 0 Å². The van der Waals surface area contributed by atoms with Crippen LogP contribution in [0.15, 0.2) is 0 Å². The minimum atomic E-state index is -0.583. The summed E-state index contributed by atoms with van der Waals surface area (Å²) in [6, 6.07) is 0.449. The molecule has 1 heterocycles. The molecule has 1 N–H and O–H groups in total. The molecule has 1 rings (SSSR count). The largest absolute Gasteiger partial charge is 0.311 e. The Balaban J connectivity index is 2.22. The quantitative estimate of drug-likeness (QED) is 0.542. The molecular weight excluding hydrogens is 105 g/mol. The van der Waals surface area contributed by atoms with Gasteiger partial charge in [-0.3, -0.25) is 0 Å². The maximum absolute atomic E-state index is 12.3. The Bertz CT molecular complexity index is 74.9. The molecule has 1 fully saturated rings. The van der Waals surface area contributed by atoms with Gasteiger partial charge in [-0.2, -0.15) is 0 Å². The third-order valence-electron chi connectivity index (χ3n) is 1.66. The zero-order valence-corrected chi connectivity index (χ0v) is 5.15. The molecule has 0 bridgehead atoms. The molecule has 1 aliphatic rings. The Kier molecular flexibility index (Phi) is 1.84. The van der Waals surface area contributed by atoms with Gasteiger partial charge in [-0.05, 0) is 12.8 Å². The molecule has 0 aromatic rings. The van der Waals surface area contributed by atoms with Crippen molar-refractivity contribution in [2.45, 2.75) is 32.0 Å². The molecule has 1 saturated heterocycles. The van der Waals surface area contributed by atoms with Gasteiger partial charge in [-0.15, -0.1) is 0 Å². The lowest BCUT2D eigenvalue weighted by molar-refractivity contribution is 0.354. The average Bonchev–Trinajstić information content (AvgIpc) is 2.14. The SMILES string of the molecule is CC[C@@H]1C[C@@H](F)CN1. The minimum absolute atomic E-state index is 0.449. The van der Waals surface area contributed by atoms with E-state index in [4.69, 9.17) is 0 Å². The van der Waals surface area contributed by atoms with Crippen LogP contribution in [0, 0.1) is 0 Å². The second-order valence-electron chi connectivity index (χ2n) is 2.35. The van der Waals surface area contributed by atoms with Crippen LogP contribution in [-0.2, 0) is 0 Å². The lowest BCUT2D eigenvalue weighted by Gasteiger charge is -2.02. The van der Waals surface area contributed by atoms with E-state index >= 15 is 0 Å². The van der Waals surface area contributed by atoms with E-state index in [2.05, 4.69) is 12.2 Å². The highest BCUT2D eigenvalue weighted by Crippen LogP contribution is 2.11. The van der Waals surface area contributed by atoms with Gasteiger partial charge >= 0.3 is 0 Å². The van der Waals surface area contributed by atoms with Crippen molar-refractivity contribution in [1.29, 1.82) is 0 Å². The summed E-state index contributed by atoms with van der Waals surface area (Å²) in [4.78, 5) is 0. The third kappa shape index (κ3) is 1.19. The van der Waals surface area contributed by atoms with Gasteiger partial charge in [0.25, 0.3) is 0 Å². The van der Waals surface area contributed by atoms with E-state index in [0.29, 0.717) is 12.6 Å². The summed E-state index contributed by atoms with van der Waals surface area (Å²) in [6.45, 7) is 2.65. The molecule has 0 aromatic heterocycles. The zero-order chi connectivity index (χ0) is 5.98. The Morgan fingerprint density at radius 2 is 2.50 bits per heavy atom. The normalized spacial score (nSPS) is 38.2. The van der Waals surface area contributed by atoms with E-state index in [9.17, 15) is 4.39 Å². The first-order chi connectivity index (χ1) is 3.83. The van der Waals surface area contributed by atoms with Crippen molar-refractivity contribution in [2.75, 3.05) is 6.54 Å². The highest BCUT2D eigenvalue weighted by atomic mass is 19.1. The van der Waals surface area contributed by atoms with Crippen LogP contribution in [0.5, 0.6) is 0 Å². The van der Waals surface area contributed by atoms with Crippen LogP contribution in [-0.4, -0.2) is 18.8 Å². The summed E-state index contributed by atoms with van der Waals surface area (Å²) in [5.74, 6) is 0. The van der Waals surface area contributed by atoms with Crippen molar-refractivity contribution in [1.82, 2.24) is 5.32 Å². The van der Waals surface area contributed by atoms with Gasteiger partial charge in [0.05, 0.1) is 0 Å². The Morgan fingerprint density at radius 3 is 2.75 bits per heavy atom. The van der Waals surface area contributed by atoms with Crippen LogP contribution in [0.4, 0.5) is 4.39 Å². The molecule has 2 atom stereocenters. The van der Waals surface area contributed by atoms with Crippen LogP contribution in [0.25, 0.3) is 0 Å². The maximum atomic E-state index is 12.3. The first kappa shape index (κ1) is 6.02. The van der Waals surface area contributed by atoms with Crippen LogP contribution in [0.3, 0.4) is 0 Å². The first-order valence-electron chi connectivity index (χ1n) is 3.20. The minimum Gasteiger partial charge on any atom is -0.311 e. The first-order valence-corrected chi connectivity index (χ1v) is 3.20. The fourth-order valence-corrected chi connectivity index (χ4v) is 1.08. The highest BCUT2D eigenvalue weighted by Gasteiger charge is 2.20. The summed E-state index contributed by atoms with van der Waals surface area (Å²) < 4.78 is 12.3. The average molecular weight is 117 g/mol. The van der Waals surface area contributed by atoms with Gasteiger partial charge in [0.15, 0.2) is 0 Å². The summed E-state index contributed by atoms with van der Waals surface area (Å²) in [5, 5.41) is 3.08. The Morgan fingerprint density at radius 1 is 1.75 bits per heavy atom. The van der Waals surface area contributed by atoms with E-state index < -0.39 is 6.17 Å². The lowest BCUT2D eigenvalue weighted by atomic mass is 10.2. The lowest BCUT2D eigenvalue weighted by Crippen LogP contribution is -2.19. The highest BCUT2D eigenvalue weighted by molar-refractivity contribution is 4.79. The van der Waals surface area contributed by atoms with Gasteiger partial charge in [-0.25, -0.2) is 4.39 Å². The molecule has 0 spiro atoms. The number of halogens is 1. The van der Waals surface area contributed by atoms with Crippen LogP contribution >= 0.6 is 0 Å². The number of hydrogen-bond acceptors (Lipinski definition) is 1. The van der Waals surface area contributed by atoms with Crippen molar-refractivity contribution in [3.8, 4) is 0 Å². The molecule has 0 radical (unpaired) electrons. The summed E-state index contributed by atoms with van der Waals surface area (Å²) in [6.07, 6.45) is 1.19. The molecule has 1 aliphatic heterocycles. The van der Waals surface area contributed by atoms with Gasteiger partial charge in [0.1, 0.15) is 6.17 Å². The predicted octanol–water partition coefficient (Wildman–Crippen LogP) is 1.10. The topological polar surface area (TPSA) is 12.0 Å². The fourth-order valence-electron chi connectivity index (χ4n) is 1.08. The van der Waals surface area contributed by atoms with Crippen LogP contribution in [0.2, 0.25) is 0 Å². The van der Waals surface area contributed by atoms with E-state index in [1.807, 2.05) is 0 Å². The molecule has 1 nitrogen and oxygen atoms in total. The molecule has 2 heteroatoms. The smallest absolute Gasteiger partial charge is 0.114 e. The Labute approximate surface area is 49.3 Å². The van der Waals surface area contributed by atoms with E-state index in [1.54, 1.807) is 0 Å². The van der Waals surface area contributed by atoms with Gasteiger partial charge in [0, 0.05) is 12.6 Å². The van der Waals surface area contributed by atoms with E-state index in [0.717, 1.165) is 12.8 Å². The van der Waals surface area contributed by atoms with Crippen molar-refractivity contribution in [3.05, 3.63) is 0 Å². The molecule has 0 aromatic carbocycles. The number of alkyl halides is 1. The molecule has 0 saturated carbocycles. The Hall–Kier alpha value is -0.110. The second kappa shape index (κ2) is 2.44. The molecule has 48 valence electrons. The summed E-state index contributed by atoms with van der Waals surface area (Å²) in [5.41, 5.74) is 0. The maximum Gasteiger partial charge on any atom is 0.114 e. The number of hydrogen-bond donors (Lipinski definition) is 1. The predicted molar refractivity (Wildman–Crippen MR) is 31.6 cm³/mol. The molecule has 0 aliphatic carbocycles. The molecular formula is C6H12FN. The van der Waals surface area contributed by atoms with Crippen molar-refractivity contribution in [3.63, 3.8) is 0 Å². The molecule has 8 heavy (non-hydrogen) atoms. The van der Waals surface area contributed by atoms with E-state index in [1.165, 1.54) is 0 Å². The van der Waals surface area contributed by atoms with Gasteiger partial charge in [0.2, 0.25) is 0 Å². The fraction of sp³-hybridized carbons (Fsp3) is 1.00. The second-order valence-corrected chi connectivity index (χ2v) is 2.35. The third-order valence-corrected chi connectivity index (χ3v) is 1.66. The summed E-state index contributed by atoms with van der Waals surface area (Å²) in [7, 11) is 0. The van der Waals surface area contributed by atoms with Crippen molar-refractivity contribution in [2.24, 2.45) is 0 Å².